The van der Waals surface area contributed by atoms with Crippen LogP contribution in [0.4, 0.5) is 0 Å². The predicted molar refractivity (Wildman–Crippen MR) is 127 cm³/mol. The molecule has 1 N–H and O–H groups in total. The number of amides is 1. The van der Waals surface area contributed by atoms with Gasteiger partial charge in [0.15, 0.2) is 11.5 Å². The van der Waals surface area contributed by atoms with Crippen molar-refractivity contribution in [3.63, 3.8) is 0 Å². The molecule has 2 aliphatic heterocycles. The maximum absolute atomic E-state index is 13.2. The number of hydrogen-bond donors (Lipinski definition) is 1. The van der Waals surface area contributed by atoms with Gasteiger partial charge in [-0.1, -0.05) is 36.4 Å². The number of likely N-dealkylation sites (tertiary alicyclic amines) is 1. The third kappa shape index (κ3) is 4.78. The lowest BCUT2D eigenvalue weighted by molar-refractivity contribution is -0.140. The Bertz CT molecular complexity index is 1060. The minimum atomic E-state index is -0.745. The van der Waals surface area contributed by atoms with E-state index in [1.165, 1.54) is 0 Å². The summed E-state index contributed by atoms with van der Waals surface area (Å²) in [5.74, 6) is -0.435. The minimum Gasteiger partial charge on any atom is -0.507 e. The van der Waals surface area contributed by atoms with Crippen LogP contribution in [-0.2, 0) is 14.3 Å². The summed E-state index contributed by atoms with van der Waals surface area (Å²) in [4.78, 5) is 30.1. The number of nitrogens with zero attached hydrogens (tertiary/aromatic N) is 2. The molecule has 2 saturated heterocycles. The molecule has 8 heteroatoms. The van der Waals surface area contributed by atoms with Gasteiger partial charge in [0.2, 0.25) is 0 Å². The highest BCUT2D eigenvalue weighted by Gasteiger charge is 2.46. The molecule has 0 radical (unpaired) electrons. The lowest BCUT2D eigenvalue weighted by atomic mass is 9.95. The SMILES string of the molecule is CCOc1ccc(C2C(=C(O)c3ccccc3)C(=O)C(=O)N2CCN2CCOCC2)cc1OC. The van der Waals surface area contributed by atoms with Gasteiger partial charge in [-0.05, 0) is 24.6 Å². The molecule has 2 aliphatic rings. The van der Waals surface area contributed by atoms with Gasteiger partial charge >= 0.3 is 0 Å². The molecule has 2 aromatic carbocycles. The molecule has 34 heavy (non-hydrogen) atoms. The Balaban J connectivity index is 1.76. The van der Waals surface area contributed by atoms with Gasteiger partial charge in [0.25, 0.3) is 11.7 Å². The predicted octanol–water partition coefficient (Wildman–Crippen LogP) is 2.85. The van der Waals surface area contributed by atoms with Crippen molar-refractivity contribution >= 4 is 17.4 Å². The van der Waals surface area contributed by atoms with Crippen LogP contribution in [0.1, 0.15) is 24.1 Å². The molecule has 1 unspecified atom stereocenters. The van der Waals surface area contributed by atoms with Gasteiger partial charge in [-0.3, -0.25) is 14.5 Å². The number of methoxy groups -OCH3 is 1. The lowest BCUT2D eigenvalue weighted by Crippen LogP contribution is -2.42. The number of aliphatic hydroxyl groups is 1. The third-order valence-electron chi connectivity index (χ3n) is 6.15. The zero-order chi connectivity index (χ0) is 24.1. The maximum Gasteiger partial charge on any atom is 0.295 e. The van der Waals surface area contributed by atoms with Crippen molar-refractivity contribution in [3.05, 3.63) is 65.2 Å². The second-order valence-corrected chi connectivity index (χ2v) is 8.16. The van der Waals surface area contributed by atoms with Crippen molar-refractivity contribution in [1.29, 1.82) is 0 Å². The Hall–Kier alpha value is -3.36. The lowest BCUT2D eigenvalue weighted by Gasteiger charge is -2.31. The van der Waals surface area contributed by atoms with Crippen molar-refractivity contribution in [3.8, 4) is 11.5 Å². The monoisotopic (exact) mass is 466 g/mol. The van der Waals surface area contributed by atoms with E-state index in [-0.39, 0.29) is 11.3 Å². The number of aliphatic hydroxyl groups excluding tert-OH is 1. The zero-order valence-electron chi connectivity index (χ0n) is 19.5. The van der Waals surface area contributed by atoms with E-state index in [2.05, 4.69) is 4.90 Å². The number of morpholine rings is 1. The van der Waals surface area contributed by atoms with Gasteiger partial charge in [-0.15, -0.1) is 0 Å². The van der Waals surface area contributed by atoms with Crippen molar-refractivity contribution in [1.82, 2.24) is 9.80 Å². The molecule has 8 nitrogen and oxygen atoms in total. The summed E-state index contributed by atoms with van der Waals surface area (Å²) < 4.78 is 16.6. The van der Waals surface area contributed by atoms with Gasteiger partial charge in [-0.2, -0.15) is 0 Å². The average molecular weight is 467 g/mol. The van der Waals surface area contributed by atoms with Crippen LogP contribution < -0.4 is 9.47 Å². The van der Waals surface area contributed by atoms with Crippen molar-refractivity contribution in [2.45, 2.75) is 13.0 Å². The van der Waals surface area contributed by atoms with Crippen molar-refractivity contribution in [2.75, 3.05) is 53.1 Å². The molecule has 180 valence electrons. The van der Waals surface area contributed by atoms with Crippen molar-refractivity contribution < 1.29 is 28.9 Å². The number of carbonyl (C=O) groups is 2. The largest absolute Gasteiger partial charge is 0.507 e. The second kappa shape index (κ2) is 10.7. The van der Waals surface area contributed by atoms with E-state index in [0.717, 1.165) is 13.1 Å². The van der Waals surface area contributed by atoms with Gasteiger partial charge in [0.1, 0.15) is 5.76 Å². The smallest absolute Gasteiger partial charge is 0.295 e. The van der Waals surface area contributed by atoms with Crippen LogP contribution in [-0.4, -0.2) is 79.7 Å². The molecular weight excluding hydrogens is 436 g/mol. The first-order valence-electron chi connectivity index (χ1n) is 11.5. The highest BCUT2D eigenvalue weighted by molar-refractivity contribution is 6.46. The van der Waals surface area contributed by atoms with E-state index < -0.39 is 17.7 Å². The molecule has 2 aromatic rings. The van der Waals surface area contributed by atoms with Crippen LogP contribution in [0.3, 0.4) is 0 Å². The fraction of sp³-hybridized carbons (Fsp3) is 0.385. The summed E-state index contributed by atoms with van der Waals surface area (Å²) in [5, 5.41) is 11.1. The number of carbonyl (C=O) groups excluding carboxylic acids is 2. The Labute approximate surface area is 199 Å². The molecule has 0 spiro atoms. The van der Waals surface area contributed by atoms with Crippen LogP contribution in [0.15, 0.2) is 54.1 Å². The standard InChI is InChI=1S/C26H30N2O6/c1-3-34-20-10-9-19(17-21(20)32-2)23-22(24(29)18-7-5-4-6-8-18)25(30)26(31)28(23)12-11-27-13-15-33-16-14-27/h4-10,17,23,29H,3,11-16H2,1-2H3. The molecule has 1 amide bonds. The van der Waals surface area contributed by atoms with Gasteiger partial charge < -0.3 is 24.2 Å². The van der Waals surface area contributed by atoms with E-state index in [1.54, 1.807) is 48.4 Å². The summed E-state index contributed by atoms with van der Waals surface area (Å²) in [5.41, 5.74) is 1.22. The number of ether oxygens (including phenoxy) is 3. The van der Waals surface area contributed by atoms with E-state index in [1.807, 2.05) is 19.1 Å². The second-order valence-electron chi connectivity index (χ2n) is 8.16. The molecule has 2 heterocycles. The minimum absolute atomic E-state index is 0.0735. The number of rotatable bonds is 8. The van der Waals surface area contributed by atoms with E-state index in [0.29, 0.717) is 55.5 Å². The maximum atomic E-state index is 13.2. The first-order valence-corrected chi connectivity index (χ1v) is 11.5. The molecule has 4 rings (SSSR count). The first kappa shape index (κ1) is 23.8. The topological polar surface area (TPSA) is 88.5 Å². The third-order valence-corrected chi connectivity index (χ3v) is 6.15. The Morgan fingerprint density at radius 1 is 1.06 bits per heavy atom. The number of benzene rings is 2. The number of Topliss-reactive ketones (excluding diaryl/α,β-unsaturated/α-hetero) is 1. The molecular formula is C26H30N2O6. The van der Waals surface area contributed by atoms with Gasteiger partial charge in [-0.25, -0.2) is 0 Å². The summed E-state index contributed by atoms with van der Waals surface area (Å²) in [6.07, 6.45) is 0. The normalized spacial score (nSPS) is 20.5. The van der Waals surface area contributed by atoms with Crippen LogP contribution in [0, 0.1) is 0 Å². The summed E-state index contributed by atoms with van der Waals surface area (Å²) in [6.45, 7) is 6.14. The molecule has 1 atom stereocenters. The quantitative estimate of drug-likeness (QED) is 0.364. The van der Waals surface area contributed by atoms with E-state index in [4.69, 9.17) is 14.2 Å². The highest BCUT2D eigenvalue weighted by Crippen LogP contribution is 2.41. The number of hydrogen-bond acceptors (Lipinski definition) is 7. The van der Waals surface area contributed by atoms with E-state index >= 15 is 0 Å². The number of ketones is 1. The summed E-state index contributed by atoms with van der Waals surface area (Å²) in [6, 6.07) is 13.4. The van der Waals surface area contributed by atoms with Crippen LogP contribution in [0.2, 0.25) is 0 Å². The van der Waals surface area contributed by atoms with Crippen molar-refractivity contribution in [2.24, 2.45) is 0 Å². The van der Waals surface area contributed by atoms with E-state index in [9.17, 15) is 14.7 Å². The molecule has 0 saturated carbocycles. The first-order chi connectivity index (χ1) is 16.5. The molecule has 2 fully saturated rings. The molecule has 0 aromatic heterocycles. The van der Waals surface area contributed by atoms with Crippen LogP contribution in [0.5, 0.6) is 11.5 Å². The Morgan fingerprint density at radius 2 is 1.79 bits per heavy atom. The zero-order valence-corrected chi connectivity index (χ0v) is 19.5. The fourth-order valence-corrected chi connectivity index (χ4v) is 4.41. The highest BCUT2D eigenvalue weighted by atomic mass is 16.5. The summed E-state index contributed by atoms with van der Waals surface area (Å²) in [7, 11) is 1.54. The van der Waals surface area contributed by atoms with Gasteiger partial charge in [0.05, 0.1) is 38.5 Å². The fourth-order valence-electron chi connectivity index (χ4n) is 4.41. The van der Waals surface area contributed by atoms with Gasteiger partial charge in [0, 0.05) is 31.7 Å². The van der Waals surface area contributed by atoms with Crippen LogP contribution >= 0.6 is 0 Å². The Morgan fingerprint density at radius 3 is 2.47 bits per heavy atom. The summed E-state index contributed by atoms with van der Waals surface area (Å²) >= 11 is 0. The Kier molecular flexibility index (Phi) is 7.49. The molecule has 0 aliphatic carbocycles. The average Bonchev–Trinajstić information content (AvgIpc) is 3.13. The molecule has 0 bridgehead atoms. The van der Waals surface area contributed by atoms with Crippen LogP contribution in [0.25, 0.3) is 5.76 Å².